The zero-order chi connectivity index (χ0) is 14.7. The van der Waals surface area contributed by atoms with E-state index >= 15 is 0 Å². The Morgan fingerprint density at radius 2 is 1.53 bits per heavy atom. The first-order chi connectivity index (χ1) is 9.28. The van der Waals surface area contributed by atoms with Gasteiger partial charge in [-0.15, -0.1) is 0 Å². The standard InChI is InChI=1S/C12H23NO2.2C2H6/c1-2-13-7-5-11(6-8-13)15-12-4-3-10(14)9-12;2*1-2/h10-12,14H,2-9H2,1H3;2*1-2H3. The Bertz CT molecular complexity index is 191. The van der Waals surface area contributed by atoms with Crippen molar-refractivity contribution in [1.29, 1.82) is 0 Å². The van der Waals surface area contributed by atoms with Crippen LogP contribution in [-0.2, 0) is 4.74 Å². The van der Waals surface area contributed by atoms with Gasteiger partial charge in [-0.25, -0.2) is 0 Å². The molecule has 1 saturated carbocycles. The van der Waals surface area contributed by atoms with Gasteiger partial charge < -0.3 is 14.7 Å². The zero-order valence-corrected chi connectivity index (χ0v) is 13.7. The van der Waals surface area contributed by atoms with Gasteiger partial charge in [0.15, 0.2) is 0 Å². The average molecular weight is 273 g/mol. The molecule has 2 unspecified atom stereocenters. The minimum absolute atomic E-state index is 0.106. The van der Waals surface area contributed by atoms with Gasteiger partial charge in [0.05, 0.1) is 18.3 Å². The molecule has 1 aliphatic carbocycles. The fourth-order valence-corrected chi connectivity index (χ4v) is 2.67. The Morgan fingerprint density at radius 3 is 1.95 bits per heavy atom. The molecule has 2 atom stereocenters. The Balaban J connectivity index is 0.000000741. The first kappa shape index (κ1) is 18.9. The van der Waals surface area contributed by atoms with Crippen LogP contribution in [0, 0.1) is 0 Å². The third-order valence-corrected chi connectivity index (χ3v) is 3.72. The number of ether oxygens (including phenoxy) is 1. The van der Waals surface area contributed by atoms with Crippen LogP contribution in [0.1, 0.15) is 66.7 Å². The van der Waals surface area contributed by atoms with E-state index in [4.69, 9.17) is 4.74 Å². The maximum absolute atomic E-state index is 9.42. The lowest BCUT2D eigenvalue weighted by Gasteiger charge is -2.32. The molecule has 2 rings (SSSR count). The number of aliphatic hydroxyl groups is 1. The second-order valence-electron chi connectivity index (χ2n) is 4.86. The Morgan fingerprint density at radius 1 is 0.947 bits per heavy atom. The molecule has 19 heavy (non-hydrogen) atoms. The van der Waals surface area contributed by atoms with Crippen LogP contribution in [0.4, 0.5) is 0 Å². The maximum atomic E-state index is 9.42. The van der Waals surface area contributed by atoms with E-state index in [0.29, 0.717) is 12.2 Å². The molecule has 0 spiro atoms. The lowest BCUT2D eigenvalue weighted by Crippen LogP contribution is -2.38. The van der Waals surface area contributed by atoms with Crippen LogP contribution >= 0.6 is 0 Å². The van der Waals surface area contributed by atoms with Crippen LogP contribution in [-0.4, -0.2) is 48.0 Å². The topological polar surface area (TPSA) is 32.7 Å². The Hall–Kier alpha value is -0.120. The van der Waals surface area contributed by atoms with Gasteiger partial charge in [-0.05, 0) is 38.6 Å². The second kappa shape index (κ2) is 11.7. The van der Waals surface area contributed by atoms with Gasteiger partial charge in [0.25, 0.3) is 0 Å². The van der Waals surface area contributed by atoms with E-state index in [0.717, 1.165) is 25.8 Å². The summed E-state index contributed by atoms with van der Waals surface area (Å²) in [5.41, 5.74) is 0. The van der Waals surface area contributed by atoms with Crippen LogP contribution in [0.25, 0.3) is 0 Å². The SMILES string of the molecule is CC.CC.CCN1CCC(OC2CCC(O)C2)CC1. The van der Waals surface area contributed by atoms with E-state index in [1.165, 1.54) is 25.9 Å². The predicted octanol–water partition coefficient (Wildman–Crippen LogP) is 3.45. The number of piperidine rings is 1. The number of nitrogens with zero attached hydrogens (tertiary/aromatic N) is 1. The van der Waals surface area contributed by atoms with Crippen molar-refractivity contribution in [2.75, 3.05) is 19.6 Å². The van der Waals surface area contributed by atoms with Gasteiger partial charge >= 0.3 is 0 Å². The summed E-state index contributed by atoms with van der Waals surface area (Å²) < 4.78 is 6.03. The second-order valence-corrected chi connectivity index (χ2v) is 4.86. The molecule has 0 radical (unpaired) electrons. The number of aliphatic hydroxyl groups excluding tert-OH is 1. The van der Waals surface area contributed by atoms with Crippen molar-refractivity contribution in [3.05, 3.63) is 0 Å². The highest BCUT2D eigenvalue weighted by atomic mass is 16.5. The molecule has 3 nitrogen and oxygen atoms in total. The molecule has 116 valence electrons. The number of hydrogen-bond donors (Lipinski definition) is 1. The molecule has 1 heterocycles. The van der Waals surface area contributed by atoms with E-state index in [9.17, 15) is 5.11 Å². The van der Waals surface area contributed by atoms with Gasteiger partial charge in [-0.3, -0.25) is 0 Å². The van der Waals surface area contributed by atoms with E-state index in [2.05, 4.69) is 11.8 Å². The summed E-state index contributed by atoms with van der Waals surface area (Å²) in [4.78, 5) is 2.48. The highest BCUT2D eigenvalue weighted by Crippen LogP contribution is 2.25. The molecule has 0 bridgehead atoms. The van der Waals surface area contributed by atoms with Gasteiger partial charge in [0, 0.05) is 13.1 Å². The lowest BCUT2D eigenvalue weighted by molar-refractivity contribution is -0.0423. The third-order valence-electron chi connectivity index (χ3n) is 3.72. The monoisotopic (exact) mass is 273 g/mol. The first-order valence-corrected chi connectivity index (χ1v) is 8.33. The van der Waals surface area contributed by atoms with Crippen molar-refractivity contribution in [2.24, 2.45) is 0 Å². The molecule has 0 aromatic heterocycles. The van der Waals surface area contributed by atoms with E-state index in [1.807, 2.05) is 27.7 Å². The van der Waals surface area contributed by atoms with E-state index in [1.54, 1.807) is 0 Å². The van der Waals surface area contributed by atoms with Crippen LogP contribution in [0.3, 0.4) is 0 Å². The summed E-state index contributed by atoms with van der Waals surface area (Å²) in [5, 5.41) is 9.42. The Labute approximate surface area is 120 Å². The Kier molecular flexibility index (Phi) is 11.6. The minimum Gasteiger partial charge on any atom is -0.393 e. The van der Waals surface area contributed by atoms with E-state index in [-0.39, 0.29) is 6.10 Å². The average Bonchev–Trinajstić information content (AvgIpc) is 2.89. The van der Waals surface area contributed by atoms with Crippen molar-refractivity contribution in [3.63, 3.8) is 0 Å². The van der Waals surface area contributed by atoms with Crippen LogP contribution in [0.15, 0.2) is 0 Å². The van der Waals surface area contributed by atoms with Crippen molar-refractivity contribution in [1.82, 2.24) is 4.90 Å². The number of hydrogen-bond acceptors (Lipinski definition) is 3. The van der Waals surface area contributed by atoms with Crippen LogP contribution in [0.2, 0.25) is 0 Å². The van der Waals surface area contributed by atoms with Gasteiger partial charge in [0.1, 0.15) is 0 Å². The van der Waals surface area contributed by atoms with Crippen molar-refractivity contribution < 1.29 is 9.84 Å². The highest BCUT2D eigenvalue weighted by Gasteiger charge is 2.27. The summed E-state index contributed by atoms with van der Waals surface area (Å²) in [6.07, 6.45) is 5.84. The summed E-state index contributed by atoms with van der Waals surface area (Å²) in [6.45, 7) is 13.7. The van der Waals surface area contributed by atoms with Crippen molar-refractivity contribution in [2.45, 2.75) is 85.0 Å². The maximum Gasteiger partial charge on any atom is 0.0604 e. The smallest absolute Gasteiger partial charge is 0.0604 e. The largest absolute Gasteiger partial charge is 0.393 e. The van der Waals surface area contributed by atoms with Crippen LogP contribution < -0.4 is 0 Å². The lowest BCUT2D eigenvalue weighted by atomic mass is 10.1. The molecular formula is C16H35NO2. The molecule has 3 heteroatoms. The molecule has 0 aromatic rings. The fourth-order valence-electron chi connectivity index (χ4n) is 2.67. The van der Waals surface area contributed by atoms with Crippen molar-refractivity contribution >= 4 is 0 Å². The van der Waals surface area contributed by atoms with Crippen molar-refractivity contribution in [3.8, 4) is 0 Å². The molecule has 1 N–H and O–H groups in total. The minimum atomic E-state index is -0.106. The fraction of sp³-hybridized carbons (Fsp3) is 1.00. The van der Waals surface area contributed by atoms with Gasteiger partial charge in [-0.2, -0.15) is 0 Å². The molecule has 2 aliphatic rings. The van der Waals surface area contributed by atoms with E-state index < -0.39 is 0 Å². The third kappa shape index (κ3) is 7.28. The first-order valence-electron chi connectivity index (χ1n) is 8.33. The molecular weight excluding hydrogens is 238 g/mol. The summed E-state index contributed by atoms with van der Waals surface area (Å²) in [5.74, 6) is 0. The van der Waals surface area contributed by atoms with Crippen LogP contribution in [0.5, 0.6) is 0 Å². The molecule has 0 aromatic carbocycles. The normalized spacial score (nSPS) is 28.1. The quantitative estimate of drug-likeness (QED) is 0.855. The number of rotatable bonds is 3. The highest BCUT2D eigenvalue weighted by molar-refractivity contribution is 4.78. The summed E-state index contributed by atoms with van der Waals surface area (Å²) >= 11 is 0. The zero-order valence-electron chi connectivity index (χ0n) is 13.7. The molecule has 0 amide bonds. The summed E-state index contributed by atoms with van der Waals surface area (Å²) in [7, 11) is 0. The molecule has 1 saturated heterocycles. The summed E-state index contributed by atoms with van der Waals surface area (Å²) in [6, 6.07) is 0. The van der Waals surface area contributed by atoms with Gasteiger partial charge in [0.2, 0.25) is 0 Å². The molecule has 1 aliphatic heterocycles. The molecule has 2 fully saturated rings. The predicted molar refractivity (Wildman–Crippen MR) is 82.6 cm³/mol. The number of likely N-dealkylation sites (tertiary alicyclic amines) is 1. The van der Waals surface area contributed by atoms with Gasteiger partial charge in [-0.1, -0.05) is 34.6 Å².